The number of amides is 1. The first-order chi connectivity index (χ1) is 9.79. The van der Waals surface area contributed by atoms with Gasteiger partial charge in [-0.05, 0) is 46.9 Å². The Kier molecular flexibility index (Phi) is 3.71. The van der Waals surface area contributed by atoms with E-state index in [0.29, 0.717) is 10.9 Å². The van der Waals surface area contributed by atoms with Crippen molar-refractivity contribution in [3.63, 3.8) is 0 Å². The fourth-order valence-corrected chi connectivity index (χ4v) is 3.13. The lowest BCUT2D eigenvalue weighted by atomic mass is 10.2. The summed E-state index contributed by atoms with van der Waals surface area (Å²) in [5.74, 6) is -0.0771. The van der Waals surface area contributed by atoms with Crippen molar-refractivity contribution in [2.75, 3.05) is 11.2 Å². The van der Waals surface area contributed by atoms with Crippen LogP contribution in [0.3, 0.4) is 0 Å². The fourth-order valence-electron chi connectivity index (χ4n) is 1.95. The molecule has 3 rings (SSSR count). The number of carbonyl (C=O) groups is 1. The van der Waals surface area contributed by atoms with Gasteiger partial charge in [0.15, 0.2) is 5.17 Å². The largest absolute Gasteiger partial charge is 0.283 e. The summed E-state index contributed by atoms with van der Waals surface area (Å²) >= 11 is 3.08. The molecule has 1 aromatic carbocycles. The number of amidine groups is 1. The van der Waals surface area contributed by atoms with Gasteiger partial charge in [-0.15, -0.1) is 0 Å². The molecule has 0 spiro atoms. The SMILES string of the molecule is CSC1=NC(=Cc2ccsc2)C(=O)N1c1ccccc1. The van der Waals surface area contributed by atoms with Gasteiger partial charge >= 0.3 is 0 Å². The molecule has 2 heterocycles. The minimum Gasteiger partial charge on any atom is -0.266 e. The molecule has 3 nitrogen and oxygen atoms in total. The number of thioether (sulfide) groups is 1. The minimum atomic E-state index is -0.0771. The highest BCUT2D eigenvalue weighted by molar-refractivity contribution is 8.13. The van der Waals surface area contributed by atoms with Crippen LogP contribution >= 0.6 is 23.1 Å². The zero-order chi connectivity index (χ0) is 13.9. The van der Waals surface area contributed by atoms with Gasteiger partial charge in [0.05, 0.1) is 5.69 Å². The lowest BCUT2D eigenvalue weighted by Gasteiger charge is -2.16. The summed E-state index contributed by atoms with van der Waals surface area (Å²) in [6.07, 6.45) is 3.76. The van der Waals surface area contributed by atoms with Crippen LogP contribution in [-0.2, 0) is 4.79 Å². The Morgan fingerprint density at radius 1 is 1.25 bits per heavy atom. The summed E-state index contributed by atoms with van der Waals surface area (Å²) in [5.41, 5.74) is 2.34. The highest BCUT2D eigenvalue weighted by Crippen LogP contribution is 2.28. The molecule has 0 unspecified atom stereocenters. The second kappa shape index (κ2) is 5.64. The molecular weight excluding hydrogens is 288 g/mol. The Bertz CT molecular complexity index is 675. The van der Waals surface area contributed by atoms with E-state index >= 15 is 0 Å². The van der Waals surface area contributed by atoms with Crippen molar-refractivity contribution in [3.05, 3.63) is 58.4 Å². The number of carbonyl (C=O) groups excluding carboxylic acids is 1. The second-order valence-corrected chi connectivity index (χ2v) is 5.71. The van der Waals surface area contributed by atoms with Crippen molar-refractivity contribution in [1.82, 2.24) is 0 Å². The van der Waals surface area contributed by atoms with Gasteiger partial charge < -0.3 is 0 Å². The lowest BCUT2D eigenvalue weighted by Crippen LogP contribution is -2.29. The molecule has 20 heavy (non-hydrogen) atoms. The van der Waals surface area contributed by atoms with Crippen molar-refractivity contribution in [2.45, 2.75) is 0 Å². The molecule has 0 saturated heterocycles. The zero-order valence-corrected chi connectivity index (χ0v) is 12.4. The Labute approximate surface area is 125 Å². The number of thiophene rings is 1. The van der Waals surface area contributed by atoms with E-state index in [0.717, 1.165) is 11.3 Å². The Morgan fingerprint density at radius 3 is 2.70 bits per heavy atom. The third kappa shape index (κ3) is 2.42. The molecule has 0 bridgehead atoms. The molecule has 2 aromatic rings. The van der Waals surface area contributed by atoms with Gasteiger partial charge in [0.25, 0.3) is 5.91 Å². The molecule has 1 aliphatic heterocycles. The summed E-state index contributed by atoms with van der Waals surface area (Å²) in [6.45, 7) is 0. The molecule has 1 aromatic heterocycles. The van der Waals surface area contributed by atoms with Crippen LogP contribution in [0.4, 0.5) is 5.69 Å². The van der Waals surface area contributed by atoms with Crippen LogP contribution in [-0.4, -0.2) is 17.3 Å². The summed E-state index contributed by atoms with van der Waals surface area (Å²) in [7, 11) is 0. The van der Waals surface area contributed by atoms with E-state index in [4.69, 9.17) is 0 Å². The number of anilines is 1. The van der Waals surface area contributed by atoms with Crippen LogP contribution in [0.2, 0.25) is 0 Å². The van der Waals surface area contributed by atoms with Crippen molar-refractivity contribution >= 4 is 45.9 Å². The van der Waals surface area contributed by atoms with E-state index in [2.05, 4.69) is 4.99 Å². The Morgan fingerprint density at radius 2 is 2.05 bits per heavy atom. The number of rotatable bonds is 2. The van der Waals surface area contributed by atoms with Gasteiger partial charge in [-0.1, -0.05) is 30.0 Å². The van der Waals surface area contributed by atoms with Crippen LogP contribution in [0, 0.1) is 0 Å². The monoisotopic (exact) mass is 300 g/mol. The zero-order valence-electron chi connectivity index (χ0n) is 10.8. The van der Waals surface area contributed by atoms with E-state index in [9.17, 15) is 4.79 Å². The van der Waals surface area contributed by atoms with Gasteiger partial charge in [-0.2, -0.15) is 11.3 Å². The summed E-state index contributed by atoms with van der Waals surface area (Å²) in [6, 6.07) is 11.6. The van der Waals surface area contributed by atoms with Crippen molar-refractivity contribution in [3.8, 4) is 0 Å². The average Bonchev–Trinajstić information content (AvgIpc) is 3.09. The molecule has 1 aliphatic rings. The van der Waals surface area contributed by atoms with Crippen molar-refractivity contribution < 1.29 is 4.79 Å². The molecule has 0 N–H and O–H groups in total. The fraction of sp³-hybridized carbons (Fsp3) is 0.0667. The number of aliphatic imine (C=N–C) groups is 1. The first kappa shape index (κ1) is 13.1. The van der Waals surface area contributed by atoms with E-state index in [-0.39, 0.29) is 5.91 Å². The van der Waals surface area contributed by atoms with Crippen molar-refractivity contribution in [2.24, 2.45) is 4.99 Å². The van der Waals surface area contributed by atoms with Crippen LogP contribution < -0.4 is 4.90 Å². The lowest BCUT2D eigenvalue weighted by molar-refractivity contribution is -0.113. The highest BCUT2D eigenvalue weighted by Gasteiger charge is 2.30. The third-order valence-electron chi connectivity index (χ3n) is 2.87. The van der Waals surface area contributed by atoms with Crippen molar-refractivity contribution in [1.29, 1.82) is 0 Å². The van der Waals surface area contributed by atoms with E-state index < -0.39 is 0 Å². The number of nitrogens with zero attached hydrogens (tertiary/aromatic N) is 2. The summed E-state index contributed by atoms with van der Waals surface area (Å²) in [5, 5.41) is 4.70. The standard InChI is InChI=1S/C15H12N2OS2/c1-19-15-16-13(9-11-7-8-20-10-11)14(18)17(15)12-5-3-2-4-6-12/h2-10H,1H3. The molecule has 0 fully saturated rings. The minimum absolute atomic E-state index is 0.0771. The van der Waals surface area contributed by atoms with E-state index in [1.54, 1.807) is 16.2 Å². The topological polar surface area (TPSA) is 32.7 Å². The van der Waals surface area contributed by atoms with Crippen LogP contribution in [0.25, 0.3) is 6.08 Å². The molecule has 0 atom stereocenters. The number of hydrogen-bond acceptors (Lipinski definition) is 4. The molecule has 0 saturated carbocycles. The van der Waals surface area contributed by atoms with Gasteiger partial charge in [-0.25, -0.2) is 4.99 Å². The predicted molar refractivity (Wildman–Crippen MR) is 87.2 cm³/mol. The van der Waals surface area contributed by atoms with Gasteiger partial charge in [0.2, 0.25) is 0 Å². The van der Waals surface area contributed by atoms with Crippen LogP contribution in [0.5, 0.6) is 0 Å². The number of hydrogen-bond donors (Lipinski definition) is 0. The van der Waals surface area contributed by atoms with Gasteiger partial charge in [-0.3, -0.25) is 9.69 Å². The molecule has 0 aliphatic carbocycles. The van der Waals surface area contributed by atoms with Crippen LogP contribution in [0.1, 0.15) is 5.56 Å². The molecular formula is C15H12N2OS2. The molecule has 100 valence electrons. The smallest absolute Gasteiger partial charge is 0.266 e. The van der Waals surface area contributed by atoms with Crippen LogP contribution in [0.15, 0.2) is 57.8 Å². The Hall–Kier alpha value is -1.85. The first-order valence-corrected chi connectivity index (χ1v) is 8.22. The molecule has 5 heteroatoms. The average molecular weight is 300 g/mol. The molecule has 0 radical (unpaired) electrons. The maximum atomic E-state index is 12.5. The maximum absolute atomic E-state index is 12.5. The van der Waals surface area contributed by atoms with E-state index in [1.165, 1.54) is 11.8 Å². The third-order valence-corrected chi connectivity index (χ3v) is 4.21. The summed E-state index contributed by atoms with van der Waals surface area (Å²) < 4.78 is 0. The summed E-state index contributed by atoms with van der Waals surface area (Å²) in [4.78, 5) is 18.6. The van der Waals surface area contributed by atoms with E-state index in [1.807, 2.05) is 59.5 Å². The Balaban J connectivity index is 1.99. The normalized spacial score (nSPS) is 16.9. The first-order valence-electron chi connectivity index (χ1n) is 6.05. The highest BCUT2D eigenvalue weighted by atomic mass is 32.2. The quantitative estimate of drug-likeness (QED) is 0.789. The number of para-hydroxylation sites is 1. The van der Waals surface area contributed by atoms with Gasteiger partial charge in [0, 0.05) is 0 Å². The van der Waals surface area contributed by atoms with Gasteiger partial charge in [0.1, 0.15) is 5.70 Å². The number of benzene rings is 1. The molecule has 1 amide bonds. The second-order valence-electron chi connectivity index (χ2n) is 4.16. The maximum Gasteiger partial charge on any atom is 0.283 e. The predicted octanol–water partition coefficient (Wildman–Crippen LogP) is 3.85.